The third-order valence-corrected chi connectivity index (χ3v) is 6.13. The van der Waals surface area contributed by atoms with E-state index in [0.717, 1.165) is 11.3 Å². The molecule has 134 valence electrons. The van der Waals surface area contributed by atoms with Crippen molar-refractivity contribution in [3.05, 3.63) is 54.4 Å². The van der Waals surface area contributed by atoms with Gasteiger partial charge in [-0.25, -0.2) is 0 Å². The van der Waals surface area contributed by atoms with Crippen molar-refractivity contribution in [2.45, 2.75) is 36.6 Å². The van der Waals surface area contributed by atoms with E-state index in [9.17, 15) is 0 Å². The maximum Gasteiger partial charge on any atom is 0.251 e. The van der Waals surface area contributed by atoms with Gasteiger partial charge in [-0.3, -0.25) is 0 Å². The molecular weight excluding hydrogens is 346 g/mol. The maximum absolute atomic E-state index is 5.96. The molecule has 0 saturated heterocycles. The predicted octanol–water partition coefficient (Wildman–Crippen LogP) is 4.63. The number of hydrogen-bond acceptors (Lipinski definition) is 6. The van der Waals surface area contributed by atoms with E-state index in [1.807, 2.05) is 36.0 Å². The topological polar surface area (TPSA) is 51.4 Å². The Balaban J connectivity index is 1.63. The Morgan fingerprint density at radius 3 is 2.69 bits per heavy atom. The number of thioether (sulfide) groups is 1. The van der Waals surface area contributed by atoms with E-state index in [2.05, 4.69) is 53.2 Å². The van der Waals surface area contributed by atoms with Crippen molar-refractivity contribution in [2.24, 2.45) is 0 Å². The van der Waals surface area contributed by atoms with Gasteiger partial charge in [0.2, 0.25) is 5.89 Å². The molecule has 0 spiro atoms. The van der Waals surface area contributed by atoms with E-state index in [-0.39, 0.29) is 0 Å². The van der Waals surface area contributed by atoms with Crippen molar-refractivity contribution >= 4 is 17.4 Å². The van der Waals surface area contributed by atoms with Crippen LogP contribution in [0.2, 0.25) is 0 Å². The first-order chi connectivity index (χ1) is 12.7. The Morgan fingerprint density at radius 1 is 1.08 bits per heavy atom. The van der Waals surface area contributed by atoms with E-state index in [1.54, 1.807) is 7.11 Å². The minimum atomic E-state index is 0.372. The van der Waals surface area contributed by atoms with Crippen molar-refractivity contribution in [1.82, 2.24) is 10.2 Å². The molecule has 0 amide bonds. The van der Waals surface area contributed by atoms with Gasteiger partial charge in [-0.05, 0) is 31.2 Å². The highest BCUT2D eigenvalue weighted by molar-refractivity contribution is 8.00. The molecule has 1 aromatic heterocycles. The van der Waals surface area contributed by atoms with Gasteiger partial charge >= 0.3 is 0 Å². The molecule has 0 aliphatic carbocycles. The molecule has 0 saturated carbocycles. The van der Waals surface area contributed by atoms with Gasteiger partial charge in [-0.2, -0.15) is 0 Å². The Kier molecular flexibility index (Phi) is 4.59. The molecule has 4 rings (SSSR count). The van der Waals surface area contributed by atoms with Crippen molar-refractivity contribution in [1.29, 1.82) is 0 Å². The minimum absolute atomic E-state index is 0.372. The zero-order valence-electron chi connectivity index (χ0n) is 15.0. The molecule has 0 radical (unpaired) electrons. The molecule has 0 N–H and O–H groups in total. The van der Waals surface area contributed by atoms with Crippen LogP contribution in [0.25, 0.3) is 11.5 Å². The molecule has 26 heavy (non-hydrogen) atoms. The van der Waals surface area contributed by atoms with Crippen molar-refractivity contribution < 1.29 is 9.15 Å². The summed E-state index contributed by atoms with van der Waals surface area (Å²) < 4.78 is 11.4. The number of ether oxygens (including phenoxy) is 1. The Hall–Kier alpha value is -2.47. The SMILES string of the molecule is COc1ccccc1-c1nnc(CN2c3ccccc3S[C@@H](C)[C@H]2C)o1. The van der Waals surface area contributed by atoms with Gasteiger partial charge in [0.1, 0.15) is 5.75 Å². The highest BCUT2D eigenvalue weighted by Gasteiger charge is 2.30. The number of aromatic nitrogens is 2. The van der Waals surface area contributed by atoms with E-state index in [1.165, 1.54) is 10.6 Å². The normalized spacial score (nSPS) is 19.3. The van der Waals surface area contributed by atoms with E-state index in [0.29, 0.717) is 29.6 Å². The fourth-order valence-electron chi connectivity index (χ4n) is 3.19. The van der Waals surface area contributed by atoms with Crippen molar-refractivity contribution in [3.63, 3.8) is 0 Å². The average molecular weight is 367 g/mol. The molecule has 2 heterocycles. The van der Waals surface area contributed by atoms with Crippen LogP contribution < -0.4 is 9.64 Å². The average Bonchev–Trinajstić information content (AvgIpc) is 3.14. The Bertz CT molecular complexity index is 911. The second kappa shape index (κ2) is 7.03. The van der Waals surface area contributed by atoms with Crippen LogP contribution in [0.5, 0.6) is 5.75 Å². The fraction of sp³-hybridized carbons (Fsp3) is 0.300. The molecule has 1 aliphatic heterocycles. The number of para-hydroxylation sites is 2. The van der Waals surface area contributed by atoms with Crippen LogP contribution >= 0.6 is 11.8 Å². The van der Waals surface area contributed by atoms with Gasteiger partial charge in [-0.1, -0.05) is 31.2 Å². The lowest BCUT2D eigenvalue weighted by Gasteiger charge is -2.39. The predicted molar refractivity (Wildman–Crippen MR) is 104 cm³/mol. The molecule has 1 aliphatic rings. The molecule has 3 aromatic rings. The first-order valence-electron chi connectivity index (χ1n) is 8.65. The first kappa shape index (κ1) is 17.0. The highest BCUT2D eigenvalue weighted by Crippen LogP contribution is 2.42. The van der Waals surface area contributed by atoms with E-state index < -0.39 is 0 Å². The van der Waals surface area contributed by atoms with Gasteiger partial charge in [0.05, 0.1) is 24.9 Å². The summed E-state index contributed by atoms with van der Waals surface area (Å²) in [6.45, 7) is 5.09. The summed E-state index contributed by atoms with van der Waals surface area (Å²) in [7, 11) is 1.64. The van der Waals surface area contributed by atoms with Crippen LogP contribution in [0.15, 0.2) is 57.8 Å². The van der Waals surface area contributed by atoms with Crippen molar-refractivity contribution in [3.8, 4) is 17.2 Å². The third-order valence-electron chi connectivity index (χ3n) is 4.77. The second-order valence-corrected chi connectivity index (χ2v) is 7.78. The van der Waals surface area contributed by atoms with Crippen LogP contribution in [0.1, 0.15) is 19.7 Å². The maximum atomic E-state index is 5.96. The quantitative estimate of drug-likeness (QED) is 0.670. The number of hydrogen-bond donors (Lipinski definition) is 0. The first-order valence-corrected chi connectivity index (χ1v) is 9.53. The monoisotopic (exact) mass is 367 g/mol. The molecular formula is C20H21N3O2S. The zero-order valence-corrected chi connectivity index (χ0v) is 15.9. The minimum Gasteiger partial charge on any atom is -0.496 e. The number of benzene rings is 2. The molecule has 2 aromatic carbocycles. The lowest BCUT2D eigenvalue weighted by Crippen LogP contribution is -2.41. The van der Waals surface area contributed by atoms with Crippen LogP contribution in [-0.2, 0) is 6.54 Å². The molecule has 5 nitrogen and oxygen atoms in total. The third kappa shape index (κ3) is 3.05. The summed E-state index contributed by atoms with van der Waals surface area (Å²) in [5.41, 5.74) is 2.03. The van der Waals surface area contributed by atoms with E-state index in [4.69, 9.17) is 9.15 Å². The summed E-state index contributed by atoms with van der Waals surface area (Å²) in [4.78, 5) is 3.64. The number of methoxy groups -OCH3 is 1. The Morgan fingerprint density at radius 2 is 1.85 bits per heavy atom. The van der Waals surface area contributed by atoms with Gasteiger partial charge in [-0.15, -0.1) is 22.0 Å². The van der Waals surface area contributed by atoms with Gasteiger partial charge in [0.25, 0.3) is 5.89 Å². The van der Waals surface area contributed by atoms with Crippen LogP contribution in [0, 0.1) is 0 Å². The van der Waals surface area contributed by atoms with Gasteiger partial charge in [0.15, 0.2) is 0 Å². The second-order valence-electron chi connectivity index (χ2n) is 6.36. The number of fused-ring (bicyclic) bond motifs is 1. The number of nitrogens with zero attached hydrogens (tertiary/aromatic N) is 3. The number of anilines is 1. The summed E-state index contributed by atoms with van der Waals surface area (Å²) in [6, 6.07) is 16.5. The lowest BCUT2D eigenvalue weighted by molar-refractivity contribution is 0.413. The van der Waals surface area contributed by atoms with Crippen LogP contribution in [0.4, 0.5) is 5.69 Å². The largest absolute Gasteiger partial charge is 0.496 e. The summed E-state index contributed by atoms with van der Waals surface area (Å²) >= 11 is 1.92. The molecule has 2 atom stereocenters. The smallest absolute Gasteiger partial charge is 0.251 e. The molecule has 0 fully saturated rings. The fourth-order valence-corrected chi connectivity index (χ4v) is 4.40. The standard InChI is InChI=1S/C20H21N3O2S/c1-13-14(2)26-18-11-7-5-9-16(18)23(13)12-19-21-22-20(25-19)15-8-4-6-10-17(15)24-3/h4-11,13-14H,12H2,1-3H3/t13-,14+/m1/s1. The summed E-state index contributed by atoms with van der Waals surface area (Å²) in [5.74, 6) is 1.81. The van der Waals surface area contributed by atoms with E-state index >= 15 is 0 Å². The highest BCUT2D eigenvalue weighted by atomic mass is 32.2. The molecule has 0 unspecified atom stereocenters. The van der Waals surface area contributed by atoms with Gasteiger partial charge in [0, 0.05) is 16.2 Å². The van der Waals surface area contributed by atoms with Gasteiger partial charge < -0.3 is 14.1 Å². The molecule has 6 heteroatoms. The summed E-state index contributed by atoms with van der Waals surface area (Å²) in [5, 5.41) is 8.99. The lowest BCUT2D eigenvalue weighted by atomic mass is 10.1. The van der Waals surface area contributed by atoms with Crippen molar-refractivity contribution in [2.75, 3.05) is 12.0 Å². The van der Waals surface area contributed by atoms with Crippen LogP contribution in [0.3, 0.4) is 0 Å². The molecule has 0 bridgehead atoms. The zero-order chi connectivity index (χ0) is 18.1. The Labute approximate surface area is 157 Å². The summed E-state index contributed by atoms with van der Waals surface area (Å²) in [6.07, 6.45) is 0. The number of rotatable bonds is 4. The van der Waals surface area contributed by atoms with Crippen LogP contribution in [-0.4, -0.2) is 28.6 Å².